The van der Waals surface area contributed by atoms with Gasteiger partial charge in [-0.3, -0.25) is 0 Å². The van der Waals surface area contributed by atoms with Crippen LogP contribution >= 0.6 is 0 Å². The highest BCUT2D eigenvalue weighted by Gasteiger charge is 2.61. The zero-order chi connectivity index (χ0) is 42.7. The van der Waals surface area contributed by atoms with Gasteiger partial charge in [0.2, 0.25) is 0 Å². The number of aryl methyl sites for hydroxylation is 3. The third-order valence-corrected chi connectivity index (χ3v) is 11.4. The summed E-state index contributed by atoms with van der Waals surface area (Å²) < 4.78 is 72.0. The summed E-state index contributed by atoms with van der Waals surface area (Å²) in [5.41, 5.74) is 5.98. The molecule has 4 aromatic rings. The van der Waals surface area contributed by atoms with Crippen LogP contribution in [0.25, 0.3) is 0 Å². The maximum absolute atomic E-state index is 14.5. The molecule has 4 aliphatic rings. The first kappa shape index (κ1) is 43.6. The minimum atomic E-state index is -1.16. The number of esters is 1. The number of rotatable bonds is 15. The molecule has 4 aromatic carbocycles. The number of carbonyl (C=O) groups is 1. The highest BCUT2D eigenvalue weighted by Crippen LogP contribution is 2.44. The zero-order valence-corrected chi connectivity index (χ0v) is 36.0. The Morgan fingerprint density at radius 1 is 0.557 bits per heavy atom. The Labute approximate surface area is 358 Å². The van der Waals surface area contributed by atoms with Gasteiger partial charge >= 0.3 is 5.97 Å². The Bertz CT molecular complexity index is 2040. The lowest BCUT2D eigenvalue weighted by atomic mass is 9.96. The molecule has 6 unspecified atom stereocenters. The molecule has 0 radical (unpaired) electrons. The largest absolute Gasteiger partial charge is 0.450 e. The molecule has 8 rings (SSSR count). The molecule has 4 saturated heterocycles. The molecule has 10 atom stereocenters. The average Bonchev–Trinajstić information content (AvgIpc) is 3.73. The molecular weight excluding hydrogens is 781 g/mol. The Kier molecular flexibility index (Phi) is 13.4. The molecular formula is C49H58O12. The van der Waals surface area contributed by atoms with Gasteiger partial charge < -0.3 is 52.1 Å². The highest BCUT2D eigenvalue weighted by molar-refractivity contribution is 5.93. The third-order valence-electron chi connectivity index (χ3n) is 11.4. The van der Waals surface area contributed by atoms with Crippen molar-refractivity contribution >= 4 is 5.97 Å². The first-order valence-electron chi connectivity index (χ1n) is 21.2. The van der Waals surface area contributed by atoms with E-state index in [2.05, 4.69) is 0 Å². The van der Waals surface area contributed by atoms with Gasteiger partial charge in [0, 0.05) is 0 Å². The van der Waals surface area contributed by atoms with Gasteiger partial charge in [-0.15, -0.1) is 0 Å². The fourth-order valence-electron chi connectivity index (χ4n) is 8.77. The molecule has 0 saturated carbocycles. The Morgan fingerprint density at radius 2 is 1.08 bits per heavy atom. The van der Waals surface area contributed by atoms with Crippen LogP contribution in [-0.2, 0) is 71.9 Å². The van der Waals surface area contributed by atoms with E-state index in [0.29, 0.717) is 12.2 Å². The molecule has 0 N–H and O–H groups in total. The van der Waals surface area contributed by atoms with E-state index in [9.17, 15) is 4.79 Å². The van der Waals surface area contributed by atoms with Gasteiger partial charge in [-0.1, -0.05) is 109 Å². The summed E-state index contributed by atoms with van der Waals surface area (Å²) in [6, 6.07) is 33.6. The van der Waals surface area contributed by atoms with E-state index in [4.69, 9.17) is 52.1 Å². The monoisotopic (exact) mass is 838 g/mol. The SMILES string of the molecule is Cc1cc(C)c(C(=O)OC2C(OCc3ccccc3)[C@H](OCc3ccccc3)C(COCc3ccccc3)O[C@H]2OCC2O[C@@H]3OC(C)(C)OC3C3OC(C)(C)O[C@@H]23)c(C)c1. The van der Waals surface area contributed by atoms with Crippen LogP contribution in [-0.4, -0.2) is 92.2 Å². The lowest BCUT2D eigenvalue weighted by Gasteiger charge is -2.46. The summed E-state index contributed by atoms with van der Waals surface area (Å²) >= 11 is 0. The molecule has 61 heavy (non-hydrogen) atoms. The van der Waals surface area contributed by atoms with Crippen LogP contribution in [0.5, 0.6) is 0 Å². The minimum absolute atomic E-state index is 0.0343. The molecule has 0 spiro atoms. The second kappa shape index (κ2) is 18.7. The van der Waals surface area contributed by atoms with Gasteiger partial charge in [0.1, 0.15) is 42.7 Å². The average molecular weight is 839 g/mol. The quantitative estimate of drug-likeness (QED) is 0.109. The predicted octanol–water partition coefficient (Wildman–Crippen LogP) is 7.66. The predicted molar refractivity (Wildman–Crippen MR) is 223 cm³/mol. The van der Waals surface area contributed by atoms with E-state index in [0.717, 1.165) is 33.4 Å². The first-order chi connectivity index (χ1) is 29.3. The van der Waals surface area contributed by atoms with E-state index in [-0.39, 0.29) is 26.4 Å². The van der Waals surface area contributed by atoms with Crippen LogP contribution in [0.4, 0.5) is 0 Å². The second-order valence-corrected chi connectivity index (χ2v) is 17.3. The number of benzene rings is 4. The summed E-state index contributed by atoms with van der Waals surface area (Å²) in [6.45, 7) is 14.1. The Hall–Kier alpha value is -4.05. The fraction of sp³-hybridized carbons (Fsp3) is 0.490. The molecule has 0 bridgehead atoms. The van der Waals surface area contributed by atoms with Crippen LogP contribution in [0.15, 0.2) is 103 Å². The van der Waals surface area contributed by atoms with Crippen molar-refractivity contribution in [2.75, 3.05) is 13.2 Å². The Morgan fingerprint density at radius 3 is 1.69 bits per heavy atom. The van der Waals surface area contributed by atoms with Gasteiger partial charge in [0.25, 0.3) is 0 Å². The van der Waals surface area contributed by atoms with Gasteiger partial charge in [-0.2, -0.15) is 0 Å². The number of carbonyl (C=O) groups excluding carboxylic acids is 1. The van der Waals surface area contributed by atoms with Crippen molar-refractivity contribution in [3.05, 3.63) is 142 Å². The Balaban J connectivity index is 1.14. The van der Waals surface area contributed by atoms with Crippen molar-refractivity contribution in [1.29, 1.82) is 0 Å². The van der Waals surface area contributed by atoms with Crippen molar-refractivity contribution in [2.45, 2.75) is 141 Å². The van der Waals surface area contributed by atoms with Crippen LogP contribution in [0, 0.1) is 20.8 Å². The van der Waals surface area contributed by atoms with E-state index in [1.165, 1.54) is 0 Å². The van der Waals surface area contributed by atoms with Crippen LogP contribution in [0.1, 0.15) is 71.4 Å². The van der Waals surface area contributed by atoms with Gasteiger partial charge in [0.05, 0.1) is 38.6 Å². The normalized spacial score (nSPS) is 30.1. The number of hydrogen-bond donors (Lipinski definition) is 0. The highest BCUT2D eigenvalue weighted by atomic mass is 16.9. The second-order valence-electron chi connectivity index (χ2n) is 17.3. The minimum Gasteiger partial charge on any atom is -0.450 e. The lowest BCUT2D eigenvalue weighted by Crippen LogP contribution is -2.63. The zero-order valence-electron chi connectivity index (χ0n) is 36.0. The summed E-state index contributed by atoms with van der Waals surface area (Å²) in [5.74, 6) is -2.34. The maximum atomic E-state index is 14.5. The van der Waals surface area contributed by atoms with Crippen molar-refractivity contribution in [2.24, 2.45) is 0 Å². The van der Waals surface area contributed by atoms with E-state index in [1.807, 2.05) is 152 Å². The van der Waals surface area contributed by atoms with E-state index in [1.54, 1.807) is 0 Å². The molecule has 12 nitrogen and oxygen atoms in total. The molecule has 12 heteroatoms. The van der Waals surface area contributed by atoms with Gasteiger partial charge in [0.15, 0.2) is 30.3 Å². The van der Waals surface area contributed by atoms with Crippen LogP contribution < -0.4 is 0 Å². The molecule has 4 heterocycles. The summed E-state index contributed by atoms with van der Waals surface area (Å²) in [6.07, 6.45) is -7.62. The first-order valence-corrected chi connectivity index (χ1v) is 21.2. The van der Waals surface area contributed by atoms with Crippen molar-refractivity contribution in [3.8, 4) is 0 Å². The smallest absolute Gasteiger partial charge is 0.339 e. The molecule has 4 aliphatic heterocycles. The van der Waals surface area contributed by atoms with Crippen LogP contribution in [0.3, 0.4) is 0 Å². The summed E-state index contributed by atoms with van der Waals surface area (Å²) in [7, 11) is 0. The van der Waals surface area contributed by atoms with Crippen molar-refractivity contribution in [1.82, 2.24) is 0 Å². The summed E-state index contributed by atoms with van der Waals surface area (Å²) in [4.78, 5) is 14.5. The molecule has 326 valence electrons. The van der Waals surface area contributed by atoms with Gasteiger partial charge in [-0.05, 0) is 76.3 Å². The third kappa shape index (κ3) is 10.4. The maximum Gasteiger partial charge on any atom is 0.339 e. The molecule has 4 fully saturated rings. The van der Waals surface area contributed by atoms with Crippen molar-refractivity contribution < 1.29 is 56.9 Å². The fourth-order valence-corrected chi connectivity index (χ4v) is 8.77. The van der Waals surface area contributed by atoms with E-state index < -0.39 is 79.0 Å². The lowest BCUT2D eigenvalue weighted by molar-refractivity contribution is -0.328. The number of hydrogen-bond acceptors (Lipinski definition) is 12. The van der Waals surface area contributed by atoms with Gasteiger partial charge in [-0.25, -0.2) is 4.79 Å². The molecule has 0 amide bonds. The molecule has 0 aromatic heterocycles. The van der Waals surface area contributed by atoms with Crippen molar-refractivity contribution in [3.63, 3.8) is 0 Å². The summed E-state index contributed by atoms with van der Waals surface area (Å²) in [5, 5.41) is 0. The van der Waals surface area contributed by atoms with Crippen LogP contribution in [0.2, 0.25) is 0 Å². The standard InChI is InChI=1S/C49H58O12/c1-30-23-31(2)38(32(3)24-30)45(50)57-43-41(53-27-35-21-15-10-16-22-35)39(52-26-34-19-13-9-14-20-34)36(28-51-25-33-17-11-8-12-18-33)55-46(43)54-29-37-40-42(59-48(4,5)58-40)44-47(56-37)61-49(6,7)60-44/h8-24,36-37,39-44,46-47H,25-29H2,1-7H3/t36?,37?,39-,40+,41?,42?,43?,44?,46-,47-/m1/s1. The number of fused-ring (bicyclic) bond motifs is 3. The van der Waals surface area contributed by atoms with E-state index >= 15 is 0 Å². The number of ether oxygens (including phenoxy) is 11. The molecule has 0 aliphatic carbocycles. The topological polar surface area (TPSA) is 119 Å².